The topological polar surface area (TPSA) is 109 Å². The van der Waals surface area contributed by atoms with Crippen molar-refractivity contribution < 1.29 is 18.8 Å². The van der Waals surface area contributed by atoms with Gasteiger partial charge in [0, 0.05) is 29.3 Å². The van der Waals surface area contributed by atoms with Gasteiger partial charge in [-0.15, -0.1) is 0 Å². The van der Waals surface area contributed by atoms with Crippen LogP contribution in [0.4, 0.5) is 5.69 Å². The van der Waals surface area contributed by atoms with Gasteiger partial charge < -0.3 is 13.9 Å². The summed E-state index contributed by atoms with van der Waals surface area (Å²) in [5.74, 6) is 1.94. The van der Waals surface area contributed by atoms with E-state index in [2.05, 4.69) is 12.1 Å². The van der Waals surface area contributed by atoms with E-state index in [1.807, 2.05) is 30.3 Å². The molecule has 0 bridgehead atoms. The Morgan fingerprint density at radius 2 is 1.84 bits per heavy atom. The molecule has 3 heterocycles. The molecule has 220 valence electrons. The zero-order chi connectivity index (χ0) is 30.5. The van der Waals surface area contributed by atoms with Crippen LogP contribution in [-0.2, 0) is 6.42 Å². The van der Waals surface area contributed by atoms with Crippen LogP contribution in [-0.4, -0.2) is 23.7 Å². The second kappa shape index (κ2) is 11.0. The molecule has 5 aromatic rings. The summed E-state index contributed by atoms with van der Waals surface area (Å²) < 4.78 is 19.3. The number of nitro benzene ring substituents is 1. The Balaban J connectivity index is 1.39. The number of allylic oxidation sites excluding steroid dienone is 1. The number of thiazole rings is 1. The van der Waals surface area contributed by atoms with E-state index in [0.29, 0.717) is 42.9 Å². The number of benzene rings is 3. The van der Waals surface area contributed by atoms with Crippen LogP contribution >= 0.6 is 22.9 Å². The average molecular weight is 626 g/mol. The Bertz CT molecular complexity index is 2200. The molecule has 44 heavy (non-hydrogen) atoms. The lowest BCUT2D eigenvalue weighted by molar-refractivity contribution is -0.384. The van der Waals surface area contributed by atoms with E-state index in [1.165, 1.54) is 35.1 Å². The van der Waals surface area contributed by atoms with Gasteiger partial charge in [-0.25, -0.2) is 4.99 Å². The lowest BCUT2D eigenvalue weighted by Crippen LogP contribution is -2.38. The fourth-order valence-electron chi connectivity index (χ4n) is 5.87. The van der Waals surface area contributed by atoms with Crippen LogP contribution in [0.5, 0.6) is 11.5 Å². The van der Waals surface area contributed by atoms with Crippen molar-refractivity contribution in [3.05, 3.63) is 136 Å². The van der Waals surface area contributed by atoms with Crippen molar-refractivity contribution in [1.29, 1.82) is 0 Å². The molecule has 7 rings (SSSR count). The van der Waals surface area contributed by atoms with Crippen LogP contribution in [0.2, 0.25) is 5.02 Å². The first kappa shape index (κ1) is 27.9. The Hall–Kier alpha value is -4.93. The number of nitro groups is 1. The molecule has 0 amide bonds. The van der Waals surface area contributed by atoms with Gasteiger partial charge in [0.2, 0.25) is 0 Å². The Kier molecular flexibility index (Phi) is 6.95. The number of rotatable bonds is 6. The summed E-state index contributed by atoms with van der Waals surface area (Å²) in [5, 5.41) is 11.6. The van der Waals surface area contributed by atoms with Crippen molar-refractivity contribution >= 4 is 40.4 Å². The highest BCUT2D eigenvalue weighted by molar-refractivity contribution is 7.07. The molecular weight excluding hydrogens is 602 g/mol. The summed E-state index contributed by atoms with van der Waals surface area (Å²) in [6.07, 6.45) is 3.26. The fraction of sp³-hybridized carbons (Fsp3) is 0.152. The molecule has 0 radical (unpaired) electrons. The second-order valence-electron chi connectivity index (χ2n) is 10.4. The summed E-state index contributed by atoms with van der Waals surface area (Å²) in [5.41, 5.74) is 5.22. The molecule has 0 saturated carbocycles. The van der Waals surface area contributed by atoms with E-state index in [1.54, 1.807) is 37.0 Å². The van der Waals surface area contributed by atoms with Crippen molar-refractivity contribution in [2.45, 2.75) is 18.9 Å². The van der Waals surface area contributed by atoms with Crippen molar-refractivity contribution in [3.63, 3.8) is 0 Å². The monoisotopic (exact) mass is 625 g/mol. The highest BCUT2D eigenvalue weighted by Gasteiger charge is 2.33. The van der Waals surface area contributed by atoms with Gasteiger partial charge in [-0.05, 0) is 59.9 Å². The summed E-state index contributed by atoms with van der Waals surface area (Å²) in [7, 11) is 3.18. The molecule has 0 N–H and O–H groups in total. The SMILES string of the molecule is COc1ccc([C@H]2C3=C(N=c4s/c(=C\c5ccc(-c6cc([N+](=O)[O-])ccc6Cl)o5)c(=O)n42)c2ccccc2CC3)cc1OC. The third kappa shape index (κ3) is 4.63. The van der Waals surface area contributed by atoms with Gasteiger partial charge in [0.1, 0.15) is 11.5 Å². The van der Waals surface area contributed by atoms with Gasteiger partial charge in [0.25, 0.3) is 11.2 Å². The van der Waals surface area contributed by atoms with Gasteiger partial charge in [-0.2, -0.15) is 0 Å². The number of methoxy groups -OCH3 is 2. The van der Waals surface area contributed by atoms with Gasteiger partial charge in [-0.3, -0.25) is 19.5 Å². The molecule has 1 aliphatic heterocycles. The van der Waals surface area contributed by atoms with Crippen LogP contribution in [0, 0.1) is 10.1 Å². The van der Waals surface area contributed by atoms with Crippen molar-refractivity contribution in [1.82, 2.24) is 4.57 Å². The van der Waals surface area contributed by atoms with Crippen LogP contribution in [0.1, 0.15) is 34.9 Å². The lowest BCUT2D eigenvalue weighted by atomic mass is 9.83. The number of hydrogen-bond acceptors (Lipinski definition) is 8. The first-order valence-electron chi connectivity index (χ1n) is 13.8. The van der Waals surface area contributed by atoms with Crippen molar-refractivity contribution in [3.8, 4) is 22.8 Å². The smallest absolute Gasteiger partial charge is 0.271 e. The van der Waals surface area contributed by atoms with Crippen LogP contribution in [0.15, 0.2) is 92.6 Å². The number of non-ortho nitro benzene ring substituents is 1. The Morgan fingerprint density at radius 1 is 1.02 bits per heavy atom. The van der Waals surface area contributed by atoms with Crippen LogP contribution < -0.4 is 24.4 Å². The number of halogens is 1. The summed E-state index contributed by atoms with van der Waals surface area (Å²) in [6.45, 7) is 0. The number of ether oxygens (including phenoxy) is 2. The predicted octanol–water partition coefficient (Wildman–Crippen LogP) is 6.16. The van der Waals surface area contributed by atoms with Gasteiger partial charge >= 0.3 is 0 Å². The Labute approximate surface area is 259 Å². The largest absolute Gasteiger partial charge is 0.493 e. The first-order valence-corrected chi connectivity index (χ1v) is 14.9. The zero-order valence-corrected chi connectivity index (χ0v) is 25.1. The number of aryl methyl sites for hydroxylation is 1. The molecule has 3 aromatic carbocycles. The van der Waals surface area contributed by atoms with Gasteiger partial charge in [0.05, 0.1) is 40.4 Å². The Morgan fingerprint density at radius 3 is 2.64 bits per heavy atom. The third-order valence-electron chi connectivity index (χ3n) is 7.92. The van der Waals surface area contributed by atoms with E-state index in [9.17, 15) is 14.9 Å². The highest BCUT2D eigenvalue weighted by Crippen LogP contribution is 2.43. The number of hydrogen-bond donors (Lipinski definition) is 0. The molecule has 0 saturated heterocycles. The minimum atomic E-state index is -0.489. The number of fused-ring (bicyclic) bond motifs is 3. The molecule has 1 aliphatic carbocycles. The lowest BCUT2D eigenvalue weighted by Gasteiger charge is -2.31. The first-order chi connectivity index (χ1) is 21.4. The van der Waals surface area contributed by atoms with Crippen molar-refractivity contribution in [2.75, 3.05) is 14.2 Å². The average Bonchev–Trinajstić information content (AvgIpc) is 3.63. The van der Waals surface area contributed by atoms with Crippen LogP contribution in [0.3, 0.4) is 0 Å². The molecule has 11 heteroatoms. The predicted molar refractivity (Wildman–Crippen MR) is 168 cm³/mol. The number of aromatic nitrogens is 1. The van der Waals surface area contributed by atoms with Gasteiger partial charge in [-0.1, -0.05) is 53.3 Å². The van der Waals surface area contributed by atoms with E-state index < -0.39 is 11.0 Å². The number of nitrogens with zero attached hydrogens (tertiary/aromatic N) is 3. The maximum absolute atomic E-state index is 14.1. The number of furan rings is 1. The molecule has 0 spiro atoms. The van der Waals surface area contributed by atoms with E-state index in [-0.39, 0.29) is 11.2 Å². The molecule has 9 nitrogen and oxygen atoms in total. The fourth-order valence-corrected chi connectivity index (χ4v) is 7.06. The van der Waals surface area contributed by atoms with Crippen molar-refractivity contribution in [2.24, 2.45) is 4.99 Å². The zero-order valence-electron chi connectivity index (χ0n) is 23.6. The highest BCUT2D eigenvalue weighted by atomic mass is 35.5. The summed E-state index contributed by atoms with van der Waals surface area (Å²) >= 11 is 7.61. The quantitative estimate of drug-likeness (QED) is 0.165. The minimum absolute atomic E-state index is 0.101. The maximum atomic E-state index is 14.1. The van der Waals surface area contributed by atoms with E-state index >= 15 is 0 Å². The second-order valence-corrected chi connectivity index (χ2v) is 11.8. The van der Waals surface area contributed by atoms with Gasteiger partial charge in [0.15, 0.2) is 16.3 Å². The summed E-state index contributed by atoms with van der Waals surface area (Å²) in [4.78, 5) is 30.5. The minimum Gasteiger partial charge on any atom is -0.493 e. The summed E-state index contributed by atoms with van der Waals surface area (Å²) in [6, 6.07) is 21.1. The van der Waals surface area contributed by atoms with E-state index in [0.717, 1.165) is 35.2 Å². The molecule has 2 aromatic heterocycles. The van der Waals surface area contributed by atoms with Crippen LogP contribution in [0.25, 0.3) is 23.1 Å². The molecule has 0 fully saturated rings. The normalized spacial score (nSPS) is 15.7. The third-order valence-corrected chi connectivity index (χ3v) is 9.24. The van der Waals surface area contributed by atoms with E-state index in [4.69, 9.17) is 30.5 Å². The molecule has 0 unspecified atom stereocenters. The standard InChI is InChI=1S/C33H24ClN3O6S/c1-41-27-13-8-19(15-28(27)42-2)31-23-11-7-18-5-3-4-6-22(18)30(23)35-33-36(31)32(38)29(44-33)17-21-10-14-26(43-21)24-16-20(37(39)40)9-12-25(24)34/h3-6,8-10,12-17,31H,7,11H2,1-2H3/b29-17-/t31-/m0/s1. The molecule has 1 atom stereocenters. The molecular formula is C33H24ClN3O6S. The molecule has 2 aliphatic rings. The maximum Gasteiger partial charge on any atom is 0.271 e.